The van der Waals surface area contributed by atoms with Gasteiger partial charge in [-0.2, -0.15) is 0 Å². The van der Waals surface area contributed by atoms with Crippen LogP contribution in [0.1, 0.15) is 37.3 Å². The molecule has 154 valence electrons. The summed E-state index contributed by atoms with van der Waals surface area (Å²) in [6.07, 6.45) is 0.528. The SMILES string of the molecule is CCOC(=O)[C@@]12CC(=O)CC[C@@]13c1cc(OC)c(OC)cc1CCN3C(=O)C2=O. The van der Waals surface area contributed by atoms with E-state index >= 15 is 0 Å². The first kappa shape index (κ1) is 19.4. The van der Waals surface area contributed by atoms with Gasteiger partial charge < -0.3 is 19.1 Å². The van der Waals surface area contributed by atoms with Gasteiger partial charge in [-0.3, -0.25) is 19.2 Å². The first-order valence-electron chi connectivity index (χ1n) is 9.68. The Morgan fingerprint density at radius 1 is 1.10 bits per heavy atom. The van der Waals surface area contributed by atoms with E-state index in [0.29, 0.717) is 23.5 Å². The lowest BCUT2D eigenvalue weighted by molar-refractivity contribution is -0.172. The van der Waals surface area contributed by atoms with E-state index in [0.717, 1.165) is 5.56 Å². The molecule has 0 radical (unpaired) electrons. The van der Waals surface area contributed by atoms with Crippen LogP contribution in [-0.4, -0.2) is 55.7 Å². The third-order valence-corrected chi connectivity index (χ3v) is 6.51. The Morgan fingerprint density at radius 2 is 1.79 bits per heavy atom. The molecule has 2 fully saturated rings. The van der Waals surface area contributed by atoms with E-state index in [9.17, 15) is 19.2 Å². The highest BCUT2D eigenvalue weighted by Crippen LogP contribution is 2.61. The van der Waals surface area contributed by atoms with Gasteiger partial charge in [-0.05, 0) is 43.0 Å². The lowest BCUT2D eigenvalue weighted by Gasteiger charge is -2.52. The molecule has 4 rings (SSSR count). The van der Waals surface area contributed by atoms with Crippen molar-refractivity contribution in [3.05, 3.63) is 23.3 Å². The van der Waals surface area contributed by atoms with Crippen LogP contribution >= 0.6 is 0 Å². The minimum atomic E-state index is -1.87. The largest absolute Gasteiger partial charge is 0.493 e. The molecule has 1 saturated heterocycles. The maximum Gasteiger partial charge on any atom is 0.323 e. The summed E-state index contributed by atoms with van der Waals surface area (Å²) in [5.41, 5.74) is -1.61. The lowest BCUT2D eigenvalue weighted by atomic mass is 9.56. The second-order valence-corrected chi connectivity index (χ2v) is 7.60. The van der Waals surface area contributed by atoms with Crippen molar-refractivity contribution in [1.82, 2.24) is 4.90 Å². The smallest absolute Gasteiger partial charge is 0.323 e. The molecule has 1 aromatic carbocycles. The number of carbonyl (C=O) groups is 4. The van der Waals surface area contributed by atoms with Crippen molar-refractivity contribution >= 4 is 23.4 Å². The number of hydrogen-bond acceptors (Lipinski definition) is 7. The summed E-state index contributed by atoms with van der Waals surface area (Å²) in [6.45, 7) is 1.96. The molecule has 8 heteroatoms. The van der Waals surface area contributed by atoms with Gasteiger partial charge >= 0.3 is 5.97 Å². The highest BCUT2D eigenvalue weighted by molar-refractivity contribution is 6.45. The molecule has 0 N–H and O–H groups in total. The summed E-state index contributed by atoms with van der Waals surface area (Å²) in [6, 6.07) is 3.55. The van der Waals surface area contributed by atoms with Crippen molar-refractivity contribution in [3.8, 4) is 11.5 Å². The Bertz CT molecular complexity index is 939. The molecular formula is C21H23NO7. The summed E-state index contributed by atoms with van der Waals surface area (Å²) < 4.78 is 16.1. The number of amides is 1. The fraction of sp³-hybridized carbons (Fsp3) is 0.524. The van der Waals surface area contributed by atoms with Crippen LogP contribution in [0.2, 0.25) is 0 Å². The fourth-order valence-corrected chi connectivity index (χ4v) is 5.31. The van der Waals surface area contributed by atoms with Gasteiger partial charge in [0.1, 0.15) is 5.78 Å². The highest BCUT2D eigenvalue weighted by Gasteiger charge is 2.76. The minimum absolute atomic E-state index is 0.0467. The third kappa shape index (κ3) is 2.25. The lowest BCUT2D eigenvalue weighted by Crippen LogP contribution is -2.62. The summed E-state index contributed by atoms with van der Waals surface area (Å²) in [4.78, 5) is 53.4. The summed E-state index contributed by atoms with van der Waals surface area (Å²) in [5.74, 6) is -1.65. The van der Waals surface area contributed by atoms with Crippen LogP contribution in [-0.2, 0) is 35.9 Å². The second-order valence-electron chi connectivity index (χ2n) is 7.60. The predicted molar refractivity (Wildman–Crippen MR) is 99.6 cm³/mol. The first-order chi connectivity index (χ1) is 13.9. The predicted octanol–water partition coefficient (Wildman–Crippen LogP) is 1.17. The van der Waals surface area contributed by atoms with Gasteiger partial charge in [0.25, 0.3) is 5.91 Å². The van der Waals surface area contributed by atoms with Crippen molar-refractivity contribution in [1.29, 1.82) is 0 Å². The maximum atomic E-state index is 13.3. The molecule has 29 heavy (non-hydrogen) atoms. The van der Waals surface area contributed by atoms with Crippen LogP contribution < -0.4 is 9.47 Å². The van der Waals surface area contributed by atoms with Crippen molar-refractivity contribution < 1.29 is 33.4 Å². The molecule has 2 atom stereocenters. The van der Waals surface area contributed by atoms with Crippen molar-refractivity contribution in [3.63, 3.8) is 0 Å². The fourth-order valence-electron chi connectivity index (χ4n) is 5.31. The number of nitrogens with zero attached hydrogens (tertiary/aromatic N) is 1. The monoisotopic (exact) mass is 401 g/mol. The Hall–Kier alpha value is -2.90. The molecule has 3 aliphatic rings. The number of esters is 1. The summed E-state index contributed by atoms with van der Waals surface area (Å²) in [7, 11) is 3.03. The molecule has 2 heterocycles. The third-order valence-electron chi connectivity index (χ3n) is 6.51. The van der Waals surface area contributed by atoms with E-state index in [1.165, 1.54) is 19.1 Å². The molecule has 1 amide bonds. The van der Waals surface area contributed by atoms with E-state index in [2.05, 4.69) is 0 Å². The number of carbonyl (C=O) groups excluding carboxylic acids is 4. The van der Waals surface area contributed by atoms with Gasteiger partial charge in [0.15, 0.2) is 16.9 Å². The summed E-state index contributed by atoms with van der Waals surface area (Å²) >= 11 is 0. The number of rotatable bonds is 4. The second kappa shape index (κ2) is 6.57. The quantitative estimate of drug-likeness (QED) is 0.424. The standard InChI is InChI=1S/C21H23NO7/c1-4-29-19(26)20-11-13(23)5-7-21(20)14-10-16(28-3)15(27-2)9-12(14)6-8-22(21)18(25)17(20)24/h9-10H,4-8,11H2,1-3H3/t20-,21+/m0/s1. The zero-order chi connectivity index (χ0) is 21.0. The molecule has 0 aromatic heterocycles. The Kier molecular flexibility index (Phi) is 4.40. The highest BCUT2D eigenvalue weighted by atomic mass is 16.5. The Balaban J connectivity index is 2.05. The summed E-state index contributed by atoms with van der Waals surface area (Å²) in [5, 5.41) is 0. The Morgan fingerprint density at radius 3 is 2.45 bits per heavy atom. The number of hydrogen-bond donors (Lipinski definition) is 0. The van der Waals surface area contributed by atoms with Crippen molar-refractivity contribution in [2.24, 2.45) is 5.41 Å². The van der Waals surface area contributed by atoms with Crippen LogP contribution in [0.4, 0.5) is 0 Å². The van der Waals surface area contributed by atoms with Crippen LogP contribution in [0.15, 0.2) is 12.1 Å². The molecule has 0 bridgehead atoms. The number of benzene rings is 1. The van der Waals surface area contributed by atoms with Crippen molar-refractivity contribution in [2.45, 2.75) is 38.1 Å². The van der Waals surface area contributed by atoms with Gasteiger partial charge in [0.2, 0.25) is 5.78 Å². The van der Waals surface area contributed by atoms with Gasteiger partial charge in [-0.1, -0.05) is 0 Å². The number of fused-ring (bicyclic) bond motifs is 1. The van der Waals surface area contributed by atoms with Crippen LogP contribution in [0, 0.1) is 5.41 Å². The van der Waals surface area contributed by atoms with Gasteiger partial charge in [-0.25, -0.2) is 0 Å². The van der Waals surface area contributed by atoms with E-state index in [4.69, 9.17) is 14.2 Å². The molecule has 0 unspecified atom stereocenters. The van der Waals surface area contributed by atoms with Crippen LogP contribution in [0.3, 0.4) is 0 Å². The van der Waals surface area contributed by atoms with Gasteiger partial charge in [0.05, 0.1) is 26.4 Å². The average molecular weight is 401 g/mol. The number of methoxy groups -OCH3 is 2. The number of ketones is 2. The average Bonchev–Trinajstić information content (AvgIpc) is 2.92. The zero-order valence-electron chi connectivity index (χ0n) is 16.7. The van der Waals surface area contributed by atoms with E-state index in [-0.39, 0.29) is 38.2 Å². The number of Topliss-reactive ketones (excluding diaryl/α,β-unsaturated/α-hetero) is 2. The van der Waals surface area contributed by atoms with E-state index in [1.807, 2.05) is 6.07 Å². The van der Waals surface area contributed by atoms with E-state index < -0.39 is 28.6 Å². The van der Waals surface area contributed by atoms with E-state index in [1.54, 1.807) is 13.0 Å². The molecule has 8 nitrogen and oxygen atoms in total. The molecule has 1 saturated carbocycles. The normalized spacial score (nSPS) is 27.8. The topological polar surface area (TPSA) is 99.2 Å². The first-order valence-corrected chi connectivity index (χ1v) is 9.68. The van der Waals surface area contributed by atoms with Crippen molar-refractivity contribution in [2.75, 3.05) is 27.4 Å². The van der Waals surface area contributed by atoms with Gasteiger partial charge in [-0.15, -0.1) is 0 Å². The molecular weight excluding hydrogens is 378 g/mol. The molecule has 2 aliphatic heterocycles. The zero-order valence-corrected chi connectivity index (χ0v) is 16.7. The van der Waals surface area contributed by atoms with Crippen LogP contribution in [0.5, 0.6) is 11.5 Å². The Labute approximate surface area is 168 Å². The van der Waals surface area contributed by atoms with Gasteiger partial charge in [0, 0.05) is 19.4 Å². The molecule has 1 aliphatic carbocycles. The number of ether oxygens (including phenoxy) is 3. The maximum absolute atomic E-state index is 13.3. The minimum Gasteiger partial charge on any atom is -0.493 e. The molecule has 1 spiro atoms. The van der Waals surface area contributed by atoms with Crippen LogP contribution in [0.25, 0.3) is 0 Å². The molecule has 1 aromatic rings.